The normalized spacial score (nSPS) is 25.5. The third-order valence-electron chi connectivity index (χ3n) is 4.59. The van der Waals surface area contributed by atoms with Crippen LogP contribution < -0.4 is 16.0 Å². The van der Waals surface area contributed by atoms with Crippen LogP contribution in [0.1, 0.15) is 37.8 Å². The first-order chi connectivity index (χ1) is 12.6. The van der Waals surface area contributed by atoms with Gasteiger partial charge in [0.2, 0.25) is 0 Å². The minimum Gasteiger partial charge on any atom is -0.331 e. The minimum atomic E-state index is -4.67. The Bertz CT molecular complexity index is 765. The molecule has 10 nitrogen and oxygen atoms in total. The number of urea groups is 2. The second-order valence-electron chi connectivity index (χ2n) is 6.70. The average molecular weight is 389 g/mol. The Morgan fingerprint density at radius 1 is 1.41 bits per heavy atom. The van der Waals surface area contributed by atoms with Crippen molar-refractivity contribution >= 4 is 18.0 Å². The molecule has 2 unspecified atom stereocenters. The first-order valence-electron chi connectivity index (χ1n) is 8.25. The van der Waals surface area contributed by atoms with E-state index in [2.05, 4.69) is 31.1 Å². The largest absolute Gasteiger partial charge is 0.453 e. The van der Waals surface area contributed by atoms with E-state index in [0.29, 0.717) is 19.4 Å². The summed E-state index contributed by atoms with van der Waals surface area (Å²) in [6.45, 7) is 1.76. The molecule has 3 heterocycles. The predicted octanol–water partition coefficient (Wildman–Crippen LogP) is 0.486. The van der Waals surface area contributed by atoms with Crippen LogP contribution in [-0.2, 0) is 17.5 Å². The number of hydrogen-bond donors (Lipinski definition) is 4. The maximum absolute atomic E-state index is 12.5. The van der Waals surface area contributed by atoms with Gasteiger partial charge in [0, 0.05) is 12.6 Å². The van der Waals surface area contributed by atoms with E-state index in [1.54, 1.807) is 6.92 Å². The number of likely N-dealkylation sites (tertiary alicyclic amines) is 1. The number of carbonyl (C=O) groups is 3. The van der Waals surface area contributed by atoms with Crippen LogP contribution in [0.15, 0.2) is 0 Å². The van der Waals surface area contributed by atoms with Gasteiger partial charge in [0.15, 0.2) is 0 Å². The van der Waals surface area contributed by atoms with Crippen molar-refractivity contribution in [1.82, 2.24) is 36.0 Å². The maximum atomic E-state index is 12.5. The van der Waals surface area contributed by atoms with E-state index in [1.165, 1.54) is 4.90 Å². The molecule has 2 aliphatic heterocycles. The van der Waals surface area contributed by atoms with Gasteiger partial charge in [-0.2, -0.15) is 13.2 Å². The molecular formula is C14H18F3N7O3. The fourth-order valence-electron chi connectivity index (χ4n) is 3.27. The number of imide groups is 1. The van der Waals surface area contributed by atoms with Crippen molar-refractivity contribution < 1.29 is 27.6 Å². The van der Waals surface area contributed by atoms with Crippen molar-refractivity contribution in [3.63, 3.8) is 0 Å². The monoisotopic (exact) mass is 389 g/mol. The van der Waals surface area contributed by atoms with Crippen molar-refractivity contribution in [2.45, 2.75) is 50.5 Å². The van der Waals surface area contributed by atoms with Gasteiger partial charge in [-0.25, -0.2) is 14.6 Å². The highest BCUT2D eigenvalue weighted by Gasteiger charge is 2.45. The Hall–Kier alpha value is -2.86. The van der Waals surface area contributed by atoms with E-state index in [0.717, 1.165) is 0 Å². The predicted molar refractivity (Wildman–Crippen MR) is 83.0 cm³/mol. The van der Waals surface area contributed by atoms with Crippen LogP contribution in [0.5, 0.6) is 0 Å². The van der Waals surface area contributed by atoms with Gasteiger partial charge in [0.05, 0.1) is 6.54 Å². The number of halogens is 3. The Kier molecular flexibility index (Phi) is 4.70. The summed E-state index contributed by atoms with van der Waals surface area (Å²) in [5, 5.41) is 12.4. The molecule has 5 amide bonds. The lowest BCUT2D eigenvalue weighted by molar-refractivity contribution is -0.144. The number of nitrogens with one attached hydrogen (secondary N) is 4. The van der Waals surface area contributed by atoms with Gasteiger partial charge in [-0.15, -0.1) is 5.10 Å². The molecule has 4 N–H and O–H groups in total. The lowest BCUT2D eigenvalue weighted by Crippen LogP contribution is -2.51. The topological polar surface area (TPSA) is 132 Å². The molecule has 1 aromatic rings. The summed E-state index contributed by atoms with van der Waals surface area (Å²) in [7, 11) is 0. The highest BCUT2D eigenvalue weighted by Crippen LogP contribution is 2.28. The lowest BCUT2D eigenvalue weighted by Gasteiger charge is -2.30. The van der Waals surface area contributed by atoms with E-state index < -0.39 is 35.5 Å². The smallest absolute Gasteiger partial charge is 0.331 e. The van der Waals surface area contributed by atoms with Crippen LogP contribution >= 0.6 is 0 Å². The zero-order valence-corrected chi connectivity index (χ0v) is 14.3. The van der Waals surface area contributed by atoms with Crippen molar-refractivity contribution in [2.24, 2.45) is 0 Å². The van der Waals surface area contributed by atoms with Gasteiger partial charge in [0.1, 0.15) is 11.4 Å². The molecule has 3 rings (SSSR count). The van der Waals surface area contributed by atoms with Gasteiger partial charge < -0.3 is 15.5 Å². The highest BCUT2D eigenvalue weighted by atomic mass is 19.4. The molecule has 0 spiro atoms. The summed E-state index contributed by atoms with van der Waals surface area (Å²) < 4.78 is 37.4. The molecule has 0 aliphatic carbocycles. The van der Waals surface area contributed by atoms with Gasteiger partial charge in [-0.1, -0.05) is 0 Å². The standard InChI is InChI=1S/C14H18F3N7O3/c1-13(10(25)20-11(26)21-13)5-7-3-2-4-24(7)12(27)18-6-8-19-9(23-22-8)14(15,16)17/h7H,2-6H2,1H3,(H,18,27)(H,19,22,23)(H2,20,21,25,26). The fraction of sp³-hybridized carbons (Fsp3) is 0.643. The van der Waals surface area contributed by atoms with Gasteiger partial charge >= 0.3 is 18.2 Å². The molecule has 2 atom stereocenters. The van der Waals surface area contributed by atoms with Crippen molar-refractivity contribution in [3.05, 3.63) is 11.6 Å². The molecule has 0 radical (unpaired) electrons. The SMILES string of the molecule is CC1(CC2CCCN2C(=O)NCc2nc(C(F)(F)F)n[nH]2)NC(=O)NC1=O. The van der Waals surface area contributed by atoms with Crippen LogP contribution in [0.25, 0.3) is 0 Å². The molecular weight excluding hydrogens is 371 g/mol. The van der Waals surface area contributed by atoms with E-state index >= 15 is 0 Å². The zero-order valence-electron chi connectivity index (χ0n) is 14.3. The summed E-state index contributed by atoms with van der Waals surface area (Å²) in [5.74, 6) is -1.89. The highest BCUT2D eigenvalue weighted by molar-refractivity contribution is 6.06. The first-order valence-corrected chi connectivity index (χ1v) is 8.25. The summed E-state index contributed by atoms with van der Waals surface area (Å²) >= 11 is 0. The Morgan fingerprint density at radius 3 is 2.74 bits per heavy atom. The Balaban J connectivity index is 1.58. The number of aromatic nitrogens is 3. The number of hydrogen-bond acceptors (Lipinski definition) is 5. The summed E-state index contributed by atoms with van der Waals surface area (Å²) in [5.41, 5.74) is -1.11. The summed E-state index contributed by atoms with van der Waals surface area (Å²) in [4.78, 5) is 40.5. The fourth-order valence-corrected chi connectivity index (χ4v) is 3.27. The maximum Gasteiger partial charge on any atom is 0.453 e. The molecule has 0 aromatic carbocycles. The number of carbonyl (C=O) groups excluding carboxylic acids is 3. The zero-order chi connectivity index (χ0) is 19.8. The van der Waals surface area contributed by atoms with Crippen molar-refractivity contribution in [2.75, 3.05) is 6.54 Å². The van der Waals surface area contributed by atoms with E-state index in [4.69, 9.17) is 0 Å². The lowest BCUT2D eigenvalue weighted by atomic mass is 9.92. The van der Waals surface area contributed by atoms with Gasteiger partial charge in [0.25, 0.3) is 11.7 Å². The van der Waals surface area contributed by atoms with Gasteiger partial charge in [-0.3, -0.25) is 15.2 Å². The molecule has 0 bridgehead atoms. The van der Waals surface area contributed by atoms with Crippen LogP contribution in [-0.4, -0.2) is 56.2 Å². The van der Waals surface area contributed by atoms with Crippen LogP contribution in [0.2, 0.25) is 0 Å². The van der Waals surface area contributed by atoms with Crippen LogP contribution in [0, 0.1) is 0 Å². The Morgan fingerprint density at radius 2 is 2.15 bits per heavy atom. The van der Waals surface area contributed by atoms with E-state index in [9.17, 15) is 27.6 Å². The number of H-pyrrole nitrogens is 1. The Labute approximate surface area is 151 Å². The van der Waals surface area contributed by atoms with E-state index in [-0.39, 0.29) is 24.8 Å². The number of rotatable bonds is 4. The quantitative estimate of drug-likeness (QED) is 0.557. The van der Waals surface area contributed by atoms with Crippen molar-refractivity contribution in [1.29, 1.82) is 0 Å². The van der Waals surface area contributed by atoms with Crippen LogP contribution in [0.4, 0.5) is 22.8 Å². The second-order valence-corrected chi connectivity index (χ2v) is 6.70. The number of amides is 5. The molecule has 2 fully saturated rings. The molecule has 13 heteroatoms. The molecule has 2 saturated heterocycles. The minimum absolute atomic E-state index is 0.124. The third kappa shape index (κ3) is 3.95. The number of aromatic amines is 1. The molecule has 1 aromatic heterocycles. The number of alkyl halides is 3. The third-order valence-corrected chi connectivity index (χ3v) is 4.59. The molecule has 2 aliphatic rings. The van der Waals surface area contributed by atoms with Crippen LogP contribution in [0.3, 0.4) is 0 Å². The van der Waals surface area contributed by atoms with E-state index in [1.807, 2.05) is 0 Å². The van der Waals surface area contributed by atoms with Gasteiger partial charge in [-0.05, 0) is 26.2 Å². The summed E-state index contributed by atoms with van der Waals surface area (Å²) in [6, 6.07) is -1.36. The average Bonchev–Trinajstić information content (AvgIpc) is 3.25. The molecule has 27 heavy (non-hydrogen) atoms. The molecule has 148 valence electrons. The van der Waals surface area contributed by atoms with Crippen molar-refractivity contribution in [3.8, 4) is 0 Å². The summed E-state index contributed by atoms with van der Waals surface area (Å²) in [6.07, 6.45) is -3.07. The molecule has 0 saturated carbocycles. The number of nitrogens with zero attached hydrogens (tertiary/aromatic N) is 3. The second kappa shape index (κ2) is 6.70. The first kappa shape index (κ1) is 18.9.